The SMILES string of the molecule is NSN1CCOCC1. The third-order valence-corrected chi connectivity index (χ3v) is 1.78. The molecule has 8 heavy (non-hydrogen) atoms. The first-order valence-electron chi connectivity index (χ1n) is 2.63. The van der Waals surface area contributed by atoms with E-state index in [1.165, 1.54) is 12.1 Å². The van der Waals surface area contributed by atoms with Crippen LogP contribution in [0.5, 0.6) is 0 Å². The molecule has 0 atom stereocenters. The summed E-state index contributed by atoms with van der Waals surface area (Å²) in [5.74, 6) is 0. The predicted molar refractivity (Wildman–Crippen MR) is 34.2 cm³/mol. The molecule has 2 N–H and O–H groups in total. The average Bonchev–Trinajstić information content (AvgIpc) is 1.90. The molecular formula is C4H10N2OS. The van der Waals surface area contributed by atoms with Crippen LogP contribution in [0.1, 0.15) is 0 Å². The summed E-state index contributed by atoms with van der Waals surface area (Å²) < 4.78 is 7.18. The molecular weight excluding hydrogens is 124 g/mol. The zero-order valence-electron chi connectivity index (χ0n) is 4.67. The lowest BCUT2D eigenvalue weighted by Crippen LogP contribution is -2.32. The molecule has 0 radical (unpaired) electrons. The van der Waals surface area contributed by atoms with Gasteiger partial charge in [-0.05, 0) is 0 Å². The molecule has 0 amide bonds. The fourth-order valence-corrected chi connectivity index (χ4v) is 1.01. The third kappa shape index (κ3) is 1.63. The van der Waals surface area contributed by atoms with Crippen molar-refractivity contribution >= 4 is 12.1 Å². The first kappa shape index (κ1) is 6.35. The van der Waals surface area contributed by atoms with Crippen LogP contribution in [0.3, 0.4) is 0 Å². The van der Waals surface area contributed by atoms with Gasteiger partial charge in [-0.25, -0.2) is 4.31 Å². The molecule has 1 fully saturated rings. The highest BCUT2D eigenvalue weighted by molar-refractivity contribution is 7.94. The van der Waals surface area contributed by atoms with Gasteiger partial charge in [-0.3, -0.25) is 5.14 Å². The van der Waals surface area contributed by atoms with Gasteiger partial charge in [0.05, 0.1) is 13.2 Å². The van der Waals surface area contributed by atoms with Gasteiger partial charge in [-0.15, -0.1) is 0 Å². The number of morpholine rings is 1. The summed E-state index contributed by atoms with van der Waals surface area (Å²) in [6.45, 7) is 3.57. The lowest BCUT2D eigenvalue weighted by Gasteiger charge is -2.22. The Morgan fingerprint density at radius 1 is 1.38 bits per heavy atom. The van der Waals surface area contributed by atoms with Gasteiger partial charge in [0.1, 0.15) is 0 Å². The molecule has 0 aromatic heterocycles. The molecule has 1 aliphatic rings. The smallest absolute Gasteiger partial charge is 0.0603 e. The van der Waals surface area contributed by atoms with Gasteiger partial charge in [0.15, 0.2) is 0 Å². The Kier molecular flexibility index (Phi) is 2.62. The van der Waals surface area contributed by atoms with Crippen molar-refractivity contribution in [2.45, 2.75) is 0 Å². The average molecular weight is 134 g/mol. The van der Waals surface area contributed by atoms with E-state index in [9.17, 15) is 0 Å². The predicted octanol–water partition coefficient (Wildman–Crippen LogP) is -0.159. The first-order valence-corrected chi connectivity index (χ1v) is 3.46. The van der Waals surface area contributed by atoms with Crippen molar-refractivity contribution in [1.82, 2.24) is 4.31 Å². The molecule has 0 aromatic carbocycles. The summed E-state index contributed by atoms with van der Waals surface area (Å²) in [5.41, 5.74) is 0. The number of ether oxygens (including phenoxy) is 1. The fourth-order valence-electron chi connectivity index (χ4n) is 0.652. The second kappa shape index (κ2) is 3.29. The van der Waals surface area contributed by atoms with Crippen LogP contribution in [-0.4, -0.2) is 30.6 Å². The van der Waals surface area contributed by atoms with E-state index >= 15 is 0 Å². The summed E-state index contributed by atoms with van der Waals surface area (Å²) in [6, 6.07) is 0. The highest BCUT2D eigenvalue weighted by Gasteiger charge is 2.07. The van der Waals surface area contributed by atoms with Gasteiger partial charge in [0, 0.05) is 25.2 Å². The van der Waals surface area contributed by atoms with Crippen molar-refractivity contribution in [3.63, 3.8) is 0 Å². The molecule has 0 spiro atoms. The van der Waals surface area contributed by atoms with Crippen molar-refractivity contribution in [1.29, 1.82) is 0 Å². The van der Waals surface area contributed by atoms with Crippen molar-refractivity contribution in [3.8, 4) is 0 Å². The Bertz CT molecular complexity index is 65.1. The highest BCUT2D eigenvalue weighted by atomic mass is 32.2. The van der Waals surface area contributed by atoms with Gasteiger partial charge < -0.3 is 4.74 Å². The summed E-state index contributed by atoms with van der Waals surface area (Å²) in [6.07, 6.45) is 0. The third-order valence-electron chi connectivity index (χ3n) is 1.12. The second-order valence-electron chi connectivity index (χ2n) is 1.65. The zero-order chi connectivity index (χ0) is 5.82. The standard InChI is InChI=1S/C4H10N2OS/c5-8-6-1-3-7-4-2-6/h1-5H2. The quantitative estimate of drug-likeness (QED) is 0.506. The van der Waals surface area contributed by atoms with Crippen LogP contribution in [0.2, 0.25) is 0 Å². The lowest BCUT2D eigenvalue weighted by atomic mass is 10.5. The molecule has 0 bridgehead atoms. The highest BCUT2D eigenvalue weighted by Crippen LogP contribution is 2.03. The largest absolute Gasteiger partial charge is 0.379 e. The van der Waals surface area contributed by atoms with E-state index in [2.05, 4.69) is 4.31 Å². The molecule has 3 nitrogen and oxygen atoms in total. The van der Waals surface area contributed by atoms with Crippen LogP contribution in [-0.2, 0) is 4.74 Å². The minimum Gasteiger partial charge on any atom is -0.379 e. The van der Waals surface area contributed by atoms with Gasteiger partial charge in [-0.1, -0.05) is 0 Å². The van der Waals surface area contributed by atoms with E-state index in [-0.39, 0.29) is 0 Å². The Hall–Kier alpha value is 0.230. The van der Waals surface area contributed by atoms with Gasteiger partial charge in [-0.2, -0.15) is 0 Å². The van der Waals surface area contributed by atoms with Crippen molar-refractivity contribution in [2.75, 3.05) is 26.3 Å². The van der Waals surface area contributed by atoms with Crippen LogP contribution >= 0.6 is 12.1 Å². The molecule has 1 saturated heterocycles. The molecule has 1 heterocycles. The Labute approximate surface area is 53.4 Å². The zero-order valence-corrected chi connectivity index (χ0v) is 5.49. The van der Waals surface area contributed by atoms with Crippen molar-refractivity contribution < 1.29 is 4.74 Å². The number of nitrogens with zero attached hydrogens (tertiary/aromatic N) is 1. The Morgan fingerprint density at radius 2 is 2.00 bits per heavy atom. The van der Waals surface area contributed by atoms with Crippen molar-refractivity contribution in [3.05, 3.63) is 0 Å². The van der Waals surface area contributed by atoms with Crippen LogP contribution in [0.25, 0.3) is 0 Å². The minimum absolute atomic E-state index is 0.824. The van der Waals surface area contributed by atoms with Gasteiger partial charge in [0.25, 0.3) is 0 Å². The molecule has 4 heteroatoms. The van der Waals surface area contributed by atoms with E-state index in [0.29, 0.717) is 0 Å². The topological polar surface area (TPSA) is 38.5 Å². The van der Waals surface area contributed by atoms with E-state index in [1.807, 2.05) is 0 Å². The van der Waals surface area contributed by atoms with Crippen LogP contribution in [0, 0.1) is 0 Å². The summed E-state index contributed by atoms with van der Waals surface area (Å²) in [5, 5.41) is 5.29. The van der Waals surface area contributed by atoms with Crippen LogP contribution in [0.15, 0.2) is 0 Å². The Balaban J connectivity index is 2.13. The number of rotatable bonds is 1. The maximum absolute atomic E-state index is 5.29. The molecule has 0 saturated carbocycles. The fraction of sp³-hybridized carbons (Fsp3) is 1.00. The monoisotopic (exact) mass is 134 g/mol. The normalized spacial score (nSPS) is 23.6. The number of nitrogens with two attached hydrogens (primary N) is 1. The van der Waals surface area contributed by atoms with Crippen molar-refractivity contribution in [2.24, 2.45) is 5.14 Å². The maximum atomic E-state index is 5.29. The number of hydrogen-bond donors (Lipinski definition) is 1. The van der Waals surface area contributed by atoms with Gasteiger partial charge >= 0.3 is 0 Å². The van der Waals surface area contributed by atoms with E-state index in [0.717, 1.165) is 26.3 Å². The summed E-state index contributed by atoms with van der Waals surface area (Å²) in [4.78, 5) is 0. The summed E-state index contributed by atoms with van der Waals surface area (Å²) >= 11 is 1.30. The minimum atomic E-state index is 0.824. The molecule has 0 unspecified atom stereocenters. The molecule has 0 aromatic rings. The lowest BCUT2D eigenvalue weighted by molar-refractivity contribution is 0.0773. The van der Waals surface area contributed by atoms with Gasteiger partial charge in [0.2, 0.25) is 0 Å². The first-order chi connectivity index (χ1) is 3.93. The Morgan fingerprint density at radius 3 is 2.38 bits per heavy atom. The number of hydrogen-bond acceptors (Lipinski definition) is 4. The van der Waals surface area contributed by atoms with E-state index in [4.69, 9.17) is 9.88 Å². The molecule has 1 rings (SSSR count). The van der Waals surface area contributed by atoms with Crippen LogP contribution < -0.4 is 5.14 Å². The molecule has 48 valence electrons. The summed E-state index contributed by atoms with van der Waals surface area (Å²) in [7, 11) is 0. The maximum Gasteiger partial charge on any atom is 0.0603 e. The molecule has 0 aliphatic carbocycles. The van der Waals surface area contributed by atoms with E-state index in [1.54, 1.807) is 0 Å². The van der Waals surface area contributed by atoms with Crippen LogP contribution in [0.4, 0.5) is 0 Å². The molecule has 1 aliphatic heterocycles. The second-order valence-corrected chi connectivity index (χ2v) is 2.37. The van der Waals surface area contributed by atoms with E-state index < -0.39 is 0 Å².